The molecule has 1 aromatic rings. The Morgan fingerprint density at radius 1 is 1.44 bits per heavy atom. The number of aromatic nitrogens is 1. The molecule has 1 saturated heterocycles. The molecule has 88 valence electrons. The first-order chi connectivity index (χ1) is 7.47. The zero-order valence-corrected chi connectivity index (χ0v) is 9.90. The lowest BCUT2D eigenvalue weighted by Crippen LogP contribution is -2.60. The van der Waals surface area contributed by atoms with Crippen molar-refractivity contribution in [2.45, 2.75) is 32.4 Å². The maximum Gasteiger partial charge on any atom is 0.250 e. The smallest absolute Gasteiger partial charge is 0.250 e. The van der Waals surface area contributed by atoms with Gasteiger partial charge in [0, 0.05) is 24.8 Å². The molecule has 1 fully saturated rings. The summed E-state index contributed by atoms with van der Waals surface area (Å²) in [6.45, 7) is 8.14. The average Bonchev–Trinajstić information content (AvgIpc) is 2.11. The number of hydrogen-bond acceptors (Lipinski definition) is 3. The summed E-state index contributed by atoms with van der Waals surface area (Å²) in [4.78, 5) is 6.16. The van der Waals surface area contributed by atoms with E-state index in [1.54, 1.807) is 12.3 Å². The number of hydrogen-bond donors (Lipinski definition) is 0. The van der Waals surface area contributed by atoms with Crippen molar-refractivity contribution in [1.82, 2.24) is 9.88 Å². The van der Waals surface area contributed by atoms with Gasteiger partial charge in [0.15, 0.2) is 5.82 Å². The minimum Gasteiger partial charge on any atom is -0.470 e. The highest BCUT2D eigenvalue weighted by atomic mass is 19.1. The molecule has 0 aliphatic carbocycles. The molecule has 0 spiro atoms. The van der Waals surface area contributed by atoms with Crippen LogP contribution in [0.25, 0.3) is 0 Å². The van der Waals surface area contributed by atoms with Gasteiger partial charge in [-0.25, -0.2) is 9.37 Å². The van der Waals surface area contributed by atoms with Gasteiger partial charge in [0.1, 0.15) is 6.10 Å². The zero-order chi connectivity index (χ0) is 11.8. The second-order valence-electron chi connectivity index (χ2n) is 5.11. The highest BCUT2D eigenvalue weighted by molar-refractivity contribution is 5.14. The monoisotopic (exact) mass is 224 g/mol. The van der Waals surface area contributed by atoms with Crippen molar-refractivity contribution in [3.05, 3.63) is 24.1 Å². The van der Waals surface area contributed by atoms with Crippen molar-refractivity contribution < 1.29 is 9.13 Å². The number of nitrogens with zero attached hydrogens (tertiary/aromatic N) is 2. The van der Waals surface area contributed by atoms with E-state index >= 15 is 0 Å². The topological polar surface area (TPSA) is 25.4 Å². The molecule has 2 rings (SSSR count). The third-order valence-corrected chi connectivity index (χ3v) is 2.80. The lowest BCUT2D eigenvalue weighted by atomic mass is 9.99. The van der Waals surface area contributed by atoms with Gasteiger partial charge in [-0.15, -0.1) is 0 Å². The van der Waals surface area contributed by atoms with E-state index in [1.807, 2.05) is 0 Å². The molecule has 0 bridgehead atoms. The maximum atomic E-state index is 13.2. The van der Waals surface area contributed by atoms with Gasteiger partial charge in [-0.05, 0) is 32.9 Å². The Morgan fingerprint density at radius 2 is 2.12 bits per heavy atom. The molecule has 2 heterocycles. The van der Waals surface area contributed by atoms with Crippen LogP contribution in [-0.2, 0) is 0 Å². The van der Waals surface area contributed by atoms with Crippen LogP contribution in [0.2, 0.25) is 0 Å². The highest BCUT2D eigenvalue weighted by Gasteiger charge is 2.36. The molecular weight excluding hydrogens is 207 g/mol. The summed E-state index contributed by atoms with van der Waals surface area (Å²) in [7, 11) is 0. The average molecular weight is 224 g/mol. The first kappa shape index (κ1) is 11.3. The van der Waals surface area contributed by atoms with E-state index < -0.39 is 5.82 Å². The van der Waals surface area contributed by atoms with Crippen LogP contribution in [0.15, 0.2) is 18.3 Å². The molecule has 0 radical (unpaired) electrons. The molecule has 0 aromatic carbocycles. The molecule has 3 nitrogen and oxygen atoms in total. The van der Waals surface area contributed by atoms with E-state index in [2.05, 4.69) is 30.7 Å². The summed E-state index contributed by atoms with van der Waals surface area (Å²) < 4.78 is 18.7. The fourth-order valence-electron chi connectivity index (χ4n) is 1.68. The Labute approximate surface area is 95.2 Å². The van der Waals surface area contributed by atoms with Gasteiger partial charge in [0.2, 0.25) is 0 Å². The van der Waals surface area contributed by atoms with E-state index in [1.165, 1.54) is 6.07 Å². The molecule has 16 heavy (non-hydrogen) atoms. The second-order valence-corrected chi connectivity index (χ2v) is 5.11. The van der Waals surface area contributed by atoms with Crippen LogP contribution in [0.5, 0.6) is 5.88 Å². The fraction of sp³-hybridized carbons (Fsp3) is 0.583. The molecule has 0 amide bonds. The quantitative estimate of drug-likeness (QED) is 0.769. The largest absolute Gasteiger partial charge is 0.470 e. The molecule has 1 aliphatic rings. The zero-order valence-electron chi connectivity index (χ0n) is 9.90. The van der Waals surface area contributed by atoms with Crippen molar-refractivity contribution in [3.8, 4) is 5.88 Å². The SMILES string of the molecule is CC(C)(C)N1CC(Oc2ncccc2F)C1. The van der Waals surface area contributed by atoms with Gasteiger partial charge in [-0.3, -0.25) is 4.90 Å². The molecule has 0 unspecified atom stereocenters. The number of likely N-dealkylation sites (tertiary alicyclic amines) is 1. The molecule has 0 N–H and O–H groups in total. The lowest BCUT2D eigenvalue weighted by Gasteiger charge is -2.46. The Morgan fingerprint density at radius 3 is 2.69 bits per heavy atom. The van der Waals surface area contributed by atoms with E-state index in [9.17, 15) is 4.39 Å². The van der Waals surface area contributed by atoms with Crippen molar-refractivity contribution in [3.63, 3.8) is 0 Å². The van der Waals surface area contributed by atoms with E-state index in [-0.39, 0.29) is 17.5 Å². The summed E-state index contributed by atoms with van der Waals surface area (Å²) in [6.07, 6.45) is 1.60. The Balaban J connectivity index is 1.89. The number of halogens is 1. The predicted molar refractivity (Wildman–Crippen MR) is 59.9 cm³/mol. The minimum absolute atomic E-state index is 0.0589. The summed E-state index contributed by atoms with van der Waals surface area (Å²) in [5, 5.41) is 0. The normalized spacial score (nSPS) is 18.2. The van der Waals surface area contributed by atoms with Crippen LogP contribution in [0, 0.1) is 5.82 Å². The molecule has 1 aromatic heterocycles. The standard InChI is InChI=1S/C12H17FN2O/c1-12(2,3)15-7-9(8-15)16-11-10(13)5-4-6-14-11/h4-6,9H,7-8H2,1-3H3. The second kappa shape index (κ2) is 4.01. The van der Waals surface area contributed by atoms with Crippen LogP contribution in [0.4, 0.5) is 4.39 Å². The van der Waals surface area contributed by atoms with Crippen molar-refractivity contribution >= 4 is 0 Å². The first-order valence-corrected chi connectivity index (χ1v) is 5.49. The molecule has 0 saturated carbocycles. The Kier molecular flexibility index (Phi) is 2.84. The van der Waals surface area contributed by atoms with Gasteiger partial charge in [-0.2, -0.15) is 0 Å². The van der Waals surface area contributed by atoms with Crippen molar-refractivity contribution in [2.24, 2.45) is 0 Å². The Bertz CT molecular complexity index is 370. The van der Waals surface area contributed by atoms with Crippen LogP contribution in [-0.4, -0.2) is 34.6 Å². The van der Waals surface area contributed by atoms with Crippen LogP contribution >= 0.6 is 0 Å². The molecular formula is C12H17FN2O. The van der Waals surface area contributed by atoms with E-state index in [0.717, 1.165) is 13.1 Å². The van der Waals surface area contributed by atoms with E-state index in [4.69, 9.17) is 4.74 Å². The molecule has 4 heteroatoms. The summed E-state index contributed by atoms with van der Waals surface area (Å²) >= 11 is 0. The fourth-order valence-corrected chi connectivity index (χ4v) is 1.68. The van der Waals surface area contributed by atoms with Crippen molar-refractivity contribution in [2.75, 3.05) is 13.1 Å². The van der Waals surface area contributed by atoms with Gasteiger partial charge < -0.3 is 4.74 Å². The van der Waals surface area contributed by atoms with Gasteiger partial charge >= 0.3 is 0 Å². The minimum atomic E-state index is -0.392. The summed E-state index contributed by atoms with van der Waals surface area (Å²) in [6, 6.07) is 2.92. The number of ether oxygens (including phenoxy) is 1. The van der Waals surface area contributed by atoms with Gasteiger partial charge in [-0.1, -0.05) is 0 Å². The summed E-state index contributed by atoms with van der Waals surface area (Å²) in [5.41, 5.74) is 0.155. The maximum absolute atomic E-state index is 13.2. The van der Waals surface area contributed by atoms with Gasteiger partial charge in [0.25, 0.3) is 5.88 Å². The third kappa shape index (κ3) is 2.32. The first-order valence-electron chi connectivity index (χ1n) is 5.49. The molecule has 1 aliphatic heterocycles. The van der Waals surface area contributed by atoms with Crippen LogP contribution < -0.4 is 4.74 Å². The van der Waals surface area contributed by atoms with Crippen molar-refractivity contribution in [1.29, 1.82) is 0 Å². The van der Waals surface area contributed by atoms with Crippen LogP contribution in [0.1, 0.15) is 20.8 Å². The number of rotatable bonds is 2. The predicted octanol–water partition coefficient (Wildman–Crippen LogP) is 2.08. The lowest BCUT2D eigenvalue weighted by molar-refractivity contribution is -0.0383. The highest BCUT2D eigenvalue weighted by Crippen LogP contribution is 2.24. The Hall–Kier alpha value is -1.16. The summed E-state index contributed by atoms with van der Waals surface area (Å²) in [5.74, 6) is -0.280. The molecule has 0 atom stereocenters. The third-order valence-electron chi connectivity index (χ3n) is 2.80. The number of pyridine rings is 1. The van der Waals surface area contributed by atoms with Gasteiger partial charge in [0.05, 0.1) is 0 Å². The van der Waals surface area contributed by atoms with E-state index in [0.29, 0.717) is 0 Å². The van der Waals surface area contributed by atoms with Crippen LogP contribution in [0.3, 0.4) is 0 Å².